The third-order valence-corrected chi connectivity index (χ3v) is 4.12. The minimum atomic E-state index is -4.32. The summed E-state index contributed by atoms with van der Waals surface area (Å²) in [5, 5.41) is 3.08. The fourth-order valence-electron chi connectivity index (χ4n) is 1.64. The monoisotopic (exact) mass is 293 g/mol. The Kier molecular flexibility index (Phi) is 6.00. The van der Waals surface area contributed by atoms with E-state index in [0.29, 0.717) is 23.6 Å². The Balaban J connectivity index is 2.62. The Bertz CT molecular complexity index is 434. The second-order valence-corrected chi connectivity index (χ2v) is 6.10. The van der Waals surface area contributed by atoms with E-state index in [1.54, 1.807) is 13.0 Å². The number of halogens is 3. The van der Waals surface area contributed by atoms with E-state index < -0.39 is 22.5 Å². The van der Waals surface area contributed by atoms with Gasteiger partial charge in [0.2, 0.25) is 0 Å². The quantitative estimate of drug-likeness (QED) is 0.873. The largest absolute Gasteiger partial charge is 0.416 e. The molecule has 0 spiro atoms. The highest BCUT2D eigenvalue weighted by atomic mass is 32.2. The first kappa shape index (κ1) is 16.2. The van der Waals surface area contributed by atoms with Crippen molar-refractivity contribution in [3.8, 4) is 0 Å². The minimum absolute atomic E-state index is 0.198. The van der Waals surface area contributed by atoms with E-state index >= 15 is 0 Å². The number of nitrogens with one attached hydrogen (secondary N) is 1. The van der Waals surface area contributed by atoms with Crippen LogP contribution < -0.4 is 5.32 Å². The molecule has 0 amide bonds. The van der Waals surface area contributed by atoms with Crippen LogP contribution in [0.3, 0.4) is 0 Å². The highest BCUT2D eigenvalue weighted by Gasteiger charge is 2.30. The summed E-state index contributed by atoms with van der Waals surface area (Å²) in [6.45, 7) is 4.16. The second kappa shape index (κ2) is 7.05. The molecule has 2 atom stereocenters. The van der Waals surface area contributed by atoms with Crippen molar-refractivity contribution in [2.75, 3.05) is 18.1 Å². The van der Waals surface area contributed by atoms with E-state index in [0.717, 1.165) is 12.1 Å². The lowest BCUT2D eigenvalue weighted by Crippen LogP contribution is -2.24. The van der Waals surface area contributed by atoms with Crippen LogP contribution >= 0.6 is 0 Å². The van der Waals surface area contributed by atoms with Crippen molar-refractivity contribution < 1.29 is 17.4 Å². The number of hydrogen-bond acceptors (Lipinski definition) is 2. The zero-order chi connectivity index (χ0) is 14.5. The third kappa shape index (κ3) is 5.32. The van der Waals surface area contributed by atoms with Gasteiger partial charge in [0.15, 0.2) is 0 Å². The van der Waals surface area contributed by atoms with E-state index in [4.69, 9.17) is 0 Å². The van der Waals surface area contributed by atoms with Gasteiger partial charge in [0.05, 0.1) is 5.56 Å². The lowest BCUT2D eigenvalue weighted by Gasteiger charge is -2.16. The van der Waals surface area contributed by atoms with Crippen molar-refractivity contribution in [3.05, 3.63) is 35.4 Å². The highest BCUT2D eigenvalue weighted by molar-refractivity contribution is 7.84. The van der Waals surface area contributed by atoms with Crippen LogP contribution in [0.1, 0.15) is 31.0 Å². The fraction of sp³-hybridized carbons (Fsp3) is 0.538. The van der Waals surface area contributed by atoms with Gasteiger partial charge in [-0.3, -0.25) is 4.21 Å². The second-order valence-electron chi connectivity index (χ2n) is 4.23. The Labute approximate surface area is 113 Å². The molecule has 108 valence electrons. The van der Waals surface area contributed by atoms with E-state index in [-0.39, 0.29) is 6.04 Å². The molecule has 1 N–H and O–H groups in total. The lowest BCUT2D eigenvalue weighted by molar-refractivity contribution is -0.137. The number of hydrogen-bond donors (Lipinski definition) is 1. The molecule has 0 radical (unpaired) electrons. The van der Waals surface area contributed by atoms with E-state index in [1.807, 2.05) is 6.92 Å². The van der Waals surface area contributed by atoms with E-state index in [2.05, 4.69) is 5.32 Å². The molecule has 1 aromatic rings. The van der Waals surface area contributed by atoms with Crippen molar-refractivity contribution in [3.63, 3.8) is 0 Å². The zero-order valence-corrected chi connectivity index (χ0v) is 11.8. The standard InChI is InChI=1S/C13H18F3NOS/c1-3-19(18)8-7-17-10(2)11-5-4-6-12(9-11)13(14,15)16/h4-6,9-10,17H,3,7-8H2,1-2H3. The maximum absolute atomic E-state index is 12.6. The maximum atomic E-state index is 12.6. The van der Waals surface area contributed by atoms with Crippen LogP contribution in [0.5, 0.6) is 0 Å². The molecule has 1 rings (SSSR count). The molecule has 1 aromatic carbocycles. The SMILES string of the molecule is CCS(=O)CCNC(C)c1cccc(C(F)(F)F)c1. The molecular weight excluding hydrogens is 275 g/mol. The van der Waals surface area contributed by atoms with Gasteiger partial charge < -0.3 is 5.32 Å². The van der Waals surface area contributed by atoms with E-state index in [1.165, 1.54) is 6.07 Å². The van der Waals surface area contributed by atoms with Crippen molar-refractivity contribution in [1.29, 1.82) is 0 Å². The summed E-state index contributed by atoms with van der Waals surface area (Å²) < 4.78 is 49.0. The van der Waals surface area contributed by atoms with Gasteiger partial charge in [0.1, 0.15) is 0 Å². The molecule has 0 aliphatic carbocycles. The average Bonchev–Trinajstić information content (AvgIpc) is 2.37. The molecule has 0 aliphatic heterocycles. The zero-order valence-electron chi connectivity index (χ0n) is 11.0. The minimum Gasteiger partial charge on any atom is -0.309 e. The summed E-state index contributed by atoms with van der Waals surface area (Å²) in [5.41, 5.74) is -0.0621. The first-order chi connectivity index (χ1) is 8.84. The maximum Gasteiger partial charge on any atom is 0.416 e. The summed E-state index contributed by atoms with van der Waals surface area (Å²) in [5.74, 6) is 1.11. The fourth-order valence-corrected chi connectivity index (χ4v) is 2.27. The van der Waals surface area contributed by atoms with Crippen molar-refractivity contribution in [1.82, 2.24) is 5.32 Å². The molecule has 0 bridgehead atoms. The molecule has 6 heteroatoms. The van der Waals surface area contributed by atoms with Gasteiger partial charge in [0, 0.05) is 34.9 Å². The molecule has 0 saturated carbocycles. The Morgan fingerprint density at radius 2 is 2.05 bits per heavy atom. The van der Waals surface area contributed by atoms with Gasteiger partial charge >= 0.3 is 6.18 Å². The van der Waals surface area contributed by atoms with Crippen LogP contribution in [0.15, 0.2) is 24.3 Å². The Morgan fingerprint density at radius 3 is 2.63 bits per heavy atom. The lowest BCUT2D eigenvalue weighted by atomic mass is 10.1. The molecular formula is C13H18F3NOS. The van der Waals surface area contributed by atoms with Crippen LogP contribution in [0, 0.1) is 0 Å². The molecule has 2 nitrogen and oxygen atoms in total. The normalized spacial score (nSPS) is 15.2. The molecule has 19 heavy (non-hydrogen) atoms. The predicted molar refractivity (Wildman–Crippen MR) is 71.4 cm³/mol. The van der Waals surface area contributed by atoms with Gasteiger partial charge in [-0.05, 0) is 24.6 Å². The van der Waals surface area contributed by atoms with Crippen LogP contribution in [-0.2, 0) is 17.0 Å². The Hall–Kier alpha value is -0.880. The molecule has 2 unspecified atom stereocenters. The smallest absolute Gasteiger partial charge is 0.309 e. The number of rotatable bonds is 6. The average molecular weight is 293 g/mol. The summed E-state index contributed by atoms with van der Waals surface area (Å²) in [7, 11) is -0.861. The molecule has 0 aromatic heterocycles. The number of benzene rings is 1. The first-order valence-corrected chi connectivity index (χ1v) is 7.59. The van der Waals surface area contributed by atoms with Crippen LogP contribution in [0.4, 0.5) is 13.2 Å². The molecule has 0 saturated heterocycles. The van der Waals surface area contributed by atoms with Gasteiger partial charge in [-0.2, -0.15) is 13.2 Å². The summed E-state index contributed by atoms with van der Waals surface area (Å²) in [6, 6.07) is 5.07. The van der Waals surface area contributed by atoms with Gasteiger partial charge in [-0.25, -0.2) is 0 Å². The van der Waals surface area contributed by atoms with Crippen LogP contribution in [-0.4, -0.2) is 22.3 Å². The van der Waals surface area contributed by atoms with Crippen molar-refractivity contribution in [2.45, 2.75) is 26.1 Å². The van der Waals surface area contributed by atoms with Crippen LogP contribution in [0.25, 0.3) is 0 Å². The molecule has 0 aliphatic rings. The van der Waals surface area contributed by atoms with Gasteiger partial charge in [-0.1, -0.05) is 19.1 Å². The predicted octanol–water partition coefficient (Wildman–Crippen LogP) is 3.12. The van der Waals surface area contributed by atoms with Crippen LogP contribution in [0.2, 0.25) is 0 Å². The molecule has 0 heterocycles. The van der Waals surface area contributed by atoms with Gasteiger partial charge in [-0.15, -0.1) is 0 Å². The van der Waals surface area contributed by atoms with Gasteiger partial charge in [0.25, 0.3) is 0 Å². The third-order valence-electron chi connectivity index (χ3n) is 2.82. The van der Waals surface area contributed by atoms with Crippen molar-refractivity contribution >= 4 is 10.8 Å². The Morgan fingerprint density at radius 1 is 1.37 bits per heavy atom. The van der Waals surface area contributed by atoms with E-state index in [9.17, 15) is 17.4 Å². The van der Waals surface area contributed by atoms with Crippen molar-refractivity contribution in [2.24, 2.45) is 0 Å². The first-order valence-electron chi connectivity index (χ1n) is 6.10. The number of alkyl halides is 3. The summed E-state index contributed by atoms with van der Waals surface area (Å²) >= 11 is 0. The topological polar surface area (TPSA) is 29.1 Å². The summed E-state index contributed by atoms with van der Waals surface area (Å²) in [4.78, 5) is 0. The highest BCUT2D eigenvalue weighted by Crippen LogP contribution is 2.30. The molecule has 0 fully saturated rings. The summed E-state index contributed by atoms with van der Waals surface area (Å²) in [6.07, 6.45) is -4.32.